The fraction of sp³-hybridized carbons (Fsp3) is 0.121. The number of halogens is 2. The Hall–Kier alpha value is -4.44. The molecule has 0 spiro atoms. The van der Waals surface area contributed by atoms with Gasteiger partial charge in [0.2, 0.25) is 5.91 Å². The second-order valence-corrected chi connectivity index (χ2v) is 11.8. The van der Waals surface area contributed by atoms with Gasteiger partial charge < -0.3 is 25.4 Å². The molecule has 4 aromatic rings. The Bertz CT molecular complexity index is 1690. The van der Waals surface area contributed by atoms with Crippen LogP contribution in [-0.2, 0) is 9.59 Å². The molecule has 1 heterocycles. The number of carbonyl (C=O) groups excluding carboxylic acids is 3. The zero-order valence-electron chi connectivity index (χ0n) is 23.4. The molecule has 11 heteroatoms. The highest BCUT2D eigenvalue weighted by molar-refractivity contribution is 8.00. The average Bonchev–Trinajstić information content (AvgIpc) is 3.03. The lowest BCUT2D eigenvalue weighted by Crippen LogP contribution is -2.30. The minimum absolute atomic E-state index is 0.0447. The first kappa shape index (κ1) is 31.0. The molecule has 224 valence electrons. The van der Waals surface area contributed by atoms with E-state index in [1.807, 2.05) is 0 Å². The number of benzene rings is 4. The highest BCUT2D eigenvalue weighted by atomic mass is 35.5. The molecule has 0 fully saturated rings. The highest BCUT2D eigenvalue weighted by Gasteiger charge is 2.19. The molecule has 4 aromatic carbocycles. The number of hydrogen-bond acceptors (Lipinski definition) is 6. The third kappa shape index (κ3) is 7.93. The number of carbonyl (C=O) groups is 3. The maximum absolute atomic E-state index is 13.4. The largest absolute Gasteiger partial charge is 0.486 e. The van der Waals surface area contributed by atoms with Crippen molar-refractivity contribution in [2.75, 3.05) is 23.8 Å². The Morgan fingerprint density at radius 2 is 1.45 bits per heavy atom. The molecule has 1 unspecified atom stereocenters. The Labute approximate surface area is 268 Å². The monoisotopic (exact) mass is 647 g/mol. The summed E-state index contributed by atoms with van der Waals surface area (Å²) >= 11 is 14.0. The van der Waals surface area contributed by atoms with Crippen LogP contribution < -0.4 is 25.4 Å². The van der Waals surface area contributed by atoms with E-state index in [9.17, 15) is 14.4 Å². The second-order valence-electron chi connectivity index (χ2n) is 9.60. The van der Waals surface area contributed by atoms with Crippen molar-refractivity contribution >= 4 is 70.1 Å². The lowest BCUT2D eigenvalue weighted by Gasteiger charge is -2.19. The average molecular weight is 649 g/mol. The number of rotatable bonds is 9. The van der Waals surface area contributed by atoms with Gasteiger partial charge in [-0.3, -0.25) is 14.4 Å². The Kier molecular flexibility index (Phi) is 10.1. The van der Waals surface area contributed by atoms with E-state index in [0.717, 1.165) is 4.90 Å². The third-order valence-electron chi connectivity index (χ3n) is 6.42. The summed E-state index contributed by atoms with van der Waals surface area (Å²) in [6, 6.07) is 25.8. The van der Waals surface area contributed by atoms with Crippen molar-refractivity contribution in [2.24, 2.45) is 0 Å². The minimum atomic E-state index is -0.571. The molecule has 3 amide bonds. The van der Waals surface area contributed by atoms with E-state index in [1.165, 1.54) is 17.8 Å². The standard InChI is InChI=1S/C33H27Cl2N3O5S/c1-20(31(39)37-23-12-15-29-30(18-23)43-17-16-42-29)44-24-13-10-22(11-14-24)36-33(41)28(19-25-26(34)8-5-9-27(25)35)38-32(40)21-6-3-2-4-7-21/h2-15,18-20H,16-17H2,1H3,(H,36,41)(H,37,39)(H,38,40)/b28-19-. The molecule has 3 N–H and O–H groups in total. The molecule has 5 rings (SSSR count). The second kappa shape index (κ2) is 14.4. The predicted octanol–water partition coefficient (Wildman–Crippen LogP) is 7.29. The molecule has 44 heavy (non-hydrogen) atoms. The summed E-state index contributed by atoms with van der Waals surface area (Å²) in [4.78, 5) is 39.9. The topological polar surface area (TPSA) is 106 Å². The van der Waals surface area contributed by atoms with E-state index in [0.29, 0.717) is 57.3 Å². The van der Waals surface area contributed by atoms with Gasteiger partial charge in [-0.15, -0.1) is 11.8 Å². The van der Waals surface area contributed by atoms with Crippen LogP contribution in [0.4, 0.5) is 11.4 Å². The van der Waals surface area contributed by atoms with E-state index in [1.54, 1.807) is 97.9 Å². The van der Waals surface area contributed by atoms with Crippen molar-refractivity contribution in [3.05, 3.63) is 118 Å². The number of nitrogens with one attached hydrogen (secondary N) is 3. The van der Waals surface area contributed by atoms with Crippen molar-refractivity contribution in [2.45, 2.75) is 17.1 Å². The van der Waals surface area contributed by atoms with Gasteiger partial charge in [0.1, 0.15) is 18.9 Å². The van der Waals surface area contributed by atoms with Crippen LogP contribution in [0, 0.1) is 0 Å². The van der Waals surface area contributed by atoms with Gasteiger partial charge in [0.25, 0.3) is 11.8 Å². The van der Waals surface area contributed by atoms with Crippen LogP contribution in [0.3, 0.4) is 0 Å². The summed E-state index contributed by atoms with van der Waals surface area (Å²) in [5.74, 6) is 0.0341. The van der Waals surface area contributed by atoms with Gasteiger partial charge in [-0.1, -0.05) is 47.5 Å². The molecule has 1 aliphatic heterocycles. The van der Waals surface area contributed by atoms with Crippen LogP contribution >= 0.6 is 35.0 Å². The number of ether oxygens (including phenoxy) is 2. The summed E-state index contributed by atoms with van der Waals surface area (Å²) in [7, 11) is 0. The van der Waals surface area contributed by atoms with Gasteiger partial charge in [0, 0.05) is 43.5 Å². The van der Waals surface area contributed by atoms with Gasteiger partial charge in [-0.25, -0.2) is 0 Å². The quantitative estimate of drug-likeness (QED) is 0.130. The first-order valence-corrected chi connectivity index (χ1v) is 15.2. The fourth-order valence-electron chi connectivity index (χ4n) is 4.17. The maximum Gasteiger partial charge on any atom is 0.272 e. The first-order valence-electron chi connectivity index (χ1n) is 13.6. The van der Waals surface area contributed by atoms with E-state index >= 15 is 0 Å². The van der Waals surface area contributed by atoms with Crippen LogP contribution in [0.15, 0.2) is 102 Å². The molecule has 8 nitrogen and oxygen atoms in total. The van der Waals surface area contributed by atoms with E-state index in [4.69, 9.17) is 32.7 Å². The predicted molar refractivity (Wildman–Crippen MR) is 175 cm³/mol. The van der Waals surface area contributed by atoms with Crippen LogP contribution in [0.5, 0.6) is 11.5 Å². The number of anilines is 2. The van der Waals surface area contributed by atoms with E-state index in [-0.39, 0.29) is 11.6 Å². The van der Waals surface area contributed by atoms with E-state index in [2.05, 4.69) is 16.0 Å². The fourth-order valence-corrected chi connectivity index (χ4v) is 5.55. The number of amides is 3. The zero-order chi connectivity index (χ0) is 31.1. The molecule has 1 aliphatic rings. The molecule has 0 bridgehead atoms. The SMILES string of the molecule is CC(Sc1ccc(NC(=O)/C(=C/c2c(Cl)cccc2Cl)NC(=O)c2ccccc2)cc1)C(=O)Nc1ccc2c(c1)OCCO2. The number of hydrogen-bond donors (Lipinski definition) is 3. The smallest absolute Gasteiger partial charge is 0.272 e. The van der Waals surface area contributed by atoms with Crippen molar-refractivity contribution in [1.29, 1.82) is 0 Å². The van der Waals surface area contributed by atoms with Gasteiger partial charge in [0.05, 0.1) is 5.25 Å². The normalized spacial score (nSPS) is 13.0. The van der Waals surface area contributed by atoms with Crippen molar-refractivity contribution in [3.63, 3.8) is 0 Å². The van der Waals surface area contributed by atoms with Gasteiger partial charge >= 0.3 is 0 Å². The van der Waals surface area contributed by atoms with Gasteiger partial charge in [-0.2, -0.15) is 0 Å². The molecule has 0 aliphatic carbocycles. The third-order valence-corrected chi connectivity index (χ3v) is 8.19. The van der Waals surface area contributed by atoms with E-state index < -0.39 is 17.1 Å². The lowest BCUT2D eigenvalue weighted by atomic mass is 10.1. The molecular formula is C33H27Cl2N3O5S. The van der Waals surface area contributed by atoms with Crippen LogP contribution in [0.2, 0.25) is 10.0 Å². The summed E-state index contributed by atoms with van der Waals surface area (Å²) in [6.45, 7) is 2.76. The van der Waals surface area contributed by atoms with Crippen molar-refractivity contribution in [1.82, 2.24) is 5.32 Å². The Balaban J connectivity index is 1.25. The summed E-state index contributed by atoms with van der Waals surface area (Å²) in [5, 5.41) is 8.62. The summed E-state index contributed by atoms with van der Waals surface area (Å²) in [5.41, 5.74) is 1.83. The van der Waals surface area contributed by atoms with Crippen molar-refractivity contribution in [3.8, 4) is 11.5 Å². The molecular weight excluding hydrogens is 621 g/mol. The molecule has 0 saturated heterocycles. The Morgan fingerprint density at radius 1 is 0.795 bits per heavy atom. The first-order chi connectivity index (χ1) is 21.3. The van der Waals surface area contributed by atoms with Crippen LogP contribution in [0.1, 0.15) is 22.8 Å². The lowest BCUT2D eigenvalue weighted by molar-refractivity contribution is -0.115. The van der Waals surface area contributed by atoms with Crippen LogP contribution in [0.25, 0.3) is 6.08 Å². The summed E-state index contributed by atoms with van der Waals surface area (Å²) in [6.07, 6.45) is 1.44. The minimum Gasteiger partial charge on any atom is -0.486 e. The molecule has 0 aromatic heterocycles. The highest BCUT2D eigenvalue weighted by Crippen LogP contribution is 2.33. The van der Waals surface area contributed by atoms with Crippen LogP contribution in [-0.4, -0.2) is 36.2 Å². The summed E-state index contributed by atoms with van der Waals surface area (Å²) < 4.78 is 11.1. The molecule has 0 radical (unpaired) electrons. The molecule has 0 saturated carbocycles. The van der Waals surface area contributed by atoms with Gasteiger partial charge in [0.15, 0.2) is 11.5 Å². The molecule has 1 atom stereocenters. The zero-order valence-corrected chi connectivity index (χ0v) is 25.8. The number of fused-ring (bicyclic) bond motifs is 1. The van der Waals surface area contributed by atoms with Gasteiger partial charge in [-0.05, 0) is 73.7 Å². The number of thioether (sulfide) groups is 1. The maximum atomic E-state index is 13.4. The Morgan fingerprint density at radius 3 is 2.16 bits per heavy atom. The van der Waals surface area contributed by atoms with Crippen molar-refractivity contribution < 1.29 is 23.9 Å².